The number of H-pyrrole nitrogens is 1. The van der Waals surface area contributed by atoms with E-state index in [-0.39, 0.29) is 12.0 Å². The van der Waals surface area contributed by atoms with E-state index >= 15 is 0 Å². The number of carbonyl (C=O) groups is 1. The summed E-state index contributed by atoms with van der Waals surface area (Å²) in [6.07, 6.45) is 7.21. The fourth-order valence-electron chi connectivity index (χ4n) is 3.31. The number of likely N-dealkylation sites (tertiary alicyclic amines) is 1. The highest BCUT2D eigenvalue weighted by molar-refractivity contribution is 5.94. The Labute approximate surface area is 158 Å². The zero-order valence-electron chi connectivity index (χ0n) is 15.0. The molecule has 1 saturated heterocycles. The second-order valence-electron chi connectivity index (χ2n) is 6.71. The molecule has 27 heavy (non-hydrogen) atoms. The van der Waals surface area contributed by atoms with Crippen LogP contribution in [0.3, 0.4) is 0 Å². The van der Waals surface area contributed by atoms with E-state index in [2.05, 4.69) is 15.2 Å². The molecule has 4 rings (SSSR count). The minimum Gasteiger partial charge on any atom is -0.373 e. The van der Waals surface area contributed by atoms with Crippen molar-refractivity contribution in [2.24, 2.45) is 0 Å². The Morgan fingerprint density at radius 2 is 1.93 bits per heavy atom. The number of nitrogens with zero attached hydrogens (tertiary/aromatic N) is 3. The van der Waals surface area contributed by atoms with Gasteiger partial charge >= 0.3 is 0 Å². The van der Waals surface area contributed by atoms with Crippen molar-refractivity contribution < 1.29 is 9.53 Å². The average molecular weight is 362 g/mol. The fraction of sp³-hybridized carbons (Fsp3) is 0.286. The van der Waals surface area contributed by atoms with Crippen LogP contribution in [0.25, 0.3) is 11.3 Å². The molecule has 1 amide bonds. The first kappa shape index (κ1) is 17.4. The summed E-state index contributed by atoms with van der Waals surface area (Å²) in [6.45, 7) is 2.01. The van der Waals surface area contributed by atoms with E-state index in [0.717, 1.165) is 42.8 Å². The first-order valence-corrected chi connectivity index (χ1v) is 9.19. The standard InChI is InChI=1S/C21H22N4O2/c26-21(18-5-3-17(4-6-18)20-7-11-23-24-20)25-12-8-19(9-13-25)27-15-16-2-1-10-22-14-16/h1-7,10-11,14,19H,8-9,12-13,15H2,(H,23,24). The first-order chi connectivity index (χ1) is 13.3. The second kappa shape index (κ2) is 8.14. The molecule has 0 radical (unpaired) electrons. The van der Waals surface area contributed by atoms with Crippen molar-refractivity contribution in [3.63, 3.8) is 0 Å². The summed E-state index contributed by atoms with van der Waals surface area (Å²) in [5.74, 6) is 0.0804. The van der Waals surface area contributed by atoms with Gasteiger partial charge in [0.2, 0.25) is 0 Å². The molecule has 1 aliphatic rings. The number of benzene rings is 1. The third kappa shape index (κ3) is 4.23. The molecular weight excluding hydrogens is 340 g/mol. The monoisotopic (exact) mass is 362 g/mol. The number of nitrogens with one attached hydrogen (secondary N) is 1. The van der Waals surface area contributed by atoms with Crippen LogP contribution in [0.5, 0.6) is 0 Å². The zero-order chi connectivity index (χ0) is 18.5. The Hall–Kier alpha value is -2.99. The van der Waals surface area contributed by atoms with Crippen molar-refractivity contribution in [1.82, 2.24) is 20.1 Å². The van der Waals surface area contributed by atoms with E-state index in [1.807, 2.05) is 53.6 Å². The Morgan fingerprint density at radius 1 is 1.11 bits per heavy atom. The lowest BCUT2D eigenvalue weighted by molar-refractivity contribution is -0.000467. The van der Waals surface area contributed by atoms with Crippen LogP contribution in [0.2, 0.25) is 0 Å². The van der Waals surface area contributed by atoms with Crippen LogP contribution in [0.15, 0.2) is 61.1 Å². The normalized spacial score (nSPS) is 15.0. The van der Waals surface area contributed by atoms with Crippen LogP contribution in [0.4, 0.5) is 0 Å². The lowest BCUT2D eigenvalue weighted by Gasteiger charge is -2.32. The maximum atomic E-state index is 12.7. The van der Waals surface area contributed by atoms with Crippen molar-refractivity contribution in [2.75, 3.05) is 13.1 Å². The third-order valence-corrected chi connectivity index (χ3v) is 4.88. The van der Waals surface area contributed by atoms with Gasteiger partial charge in [-0.2, -0.15) is 5.10 Å². The van der Waals surface area contributed by atoms with E-state index in [4.69, 9.17) is 4.74 Å². The maximum Gasteiger partial charge on any atom is 0.253 e. The number of pyridine rings is 1. The number of hydrogen-bond donors (Lipinski definition) is 1. The Bertz CT molecular complexity index is 855. The predicted octanol–water partition coefficient (Wildman–Crippen LogP) is 3.29. The van der Waals surface area contributed by atoms with E-state index in [1.54, 1.807) is 12.4 Å². The maximum absolute atomic E-state index is 12.7. The number of carbonyl (C=O) groups excluding carboxylic acids is 1. The molecule has 1 aliphatic heterocycles. The summed E-state index contributed by atoms with van der Waals surface area (Å²) in [5.41, 5.74) is 3.76. The highest BCUT2D eigenvalue weighted by atomic mass is 16.5. The molecule has 0 bridgehead atoms. The van der Waals surface area contributed by atoms with Gasteiger partial charge in [-0.15, -0.1) is 0 Å². The minimum atomic E-state index is 0.0804. The highest BCUT2D eigenvalue weighted by Gasteiger charge is 2.24. The van der Waals surface area contributed by atoms with E-state index in [1.165, 1.54) is 0 Å². The van der Waals surface area contributed by atoms with Gasteiger partial charge in [0, 0.05) is 37.2 Å². The molecule has 2 aromatic heterocycles. The SMILES string of the molecule is O=C(c1ccc(-c2ccn[nH]2)cc1)N1CCC(OCc2cccnc2)CC1. The van der Waals surface area contributed by atoms with Crippen LogP contribution < -0.4 is 0 Å². The largest absolute Gasteiger partial charge is 0.373 e. The predicted molar refractivity (Wildman–Crippen MR) is 102 cm³/mol. The van der Waals surface area contributed by atoms with Gasteiger partial charge in [0.05, 0.1) is 18.4 Å². The molecule has 0 unspecified atom stereocenters. The fourth-order valence-corrected chi connectivity index (χ4v) is 3.31. The Morgan fingerprint density at radius 3 is 2.59 bits per heavy atom. The molecule has 1 aromatic carbocycles. The van der Waals surface area contributed by atoms with Crippen molar-refractivity contribution in [2.45, 2.75) is 25.6 Å². The molecule has 6 heteroatoms. The molecule has 0 atom stereocenters. The van der Waals surface area contributed by atoms with Gasteiger partial charge in [-0.3, -0.25) is 14.9 Å². The quantitative estimate of drug-likeness (QED) is 0.756. The van der Waals surface area contributed by atoms with Crippen LogP contribution in [-0.2, 0) is 11.3 Å². The van der Waals surface area contributed by atoms with Crippen molar-refractivity contribution >= 4 is 5.91 Å². The molecule has 3 aromatic rings. The van der Waals surface area contributed by atoms with Crippen molar-refractivity contribution in [3.05, 3.63) is 72.2 Å². The molecule has 0 saturated carbocycles. The van der Waals surface area contributed by atoms with E-state index in [0.29, 0.717) is 12.2 Å². The van der Waals surface area contributed by atoms with E-state index < -0.39 is 0 Å². The summed E-state index contributed by atoms with van der Waals surface area (Å²) in [4.78, 5) is 18.8. The molecular formula is C21H22N4O2. The van der Waals surface area contributed by atoms with Crippen LogP contribution >= 0.6 is 0 Å². The van der Waals surface area contributed by atoms with E-state index in [9.17, 15) is 4.79 Å². The topological polar surface area (TPSA) is 71.1 Å². The van der Waals surface area contributed by atoms with Gasteiger partial charge < -0.3 is 9.64 Å². The number of rotatable bonds is 5. The van der Waals surface area contributed by atoms with Crippen molar-refractivity contribution in [1.29, 1.82) is 0 Å². The number of aromatic nitrogens is 3. The number of hydrogen-bond acceptors (Lipinski definition) is 4. The Kier molecular flexibility index (Phi) is 5.25. The van der Waals surface area contributed by atoms with Crippen molar-refractivity contribution in [3.8, 4) is 11.3 Å². The van der Waals surface area contributed by atoms with Gasteiger partial charge in [-0.1, -0.05) is 18.2 Å². The minimum absolute atomic E-state index is 0.0804. The van der Waals surface area contributed by atoms with Gasteiger partial charge in [0.15, 0.2) is 0 Å². The van der Waals surface area contributed by atoms with Gasteiger partial charge in [0.25, 0.3) is 5.91 Å². The number of aromatic amines is 1. The van der Waals surface area contributed by atoms with Crippen LogP contribution in [0, 0.1) is 0 Å². The van der Waals surface area contributed by atoms with Gasteiger partial charge in [-0.25, -0.2) is 0 Å². The summed E-state index contributed by atoms with van der Waals surface area (Å²) in [7, 11) is 0. The summed E-state index contributed by atoms with van der Waals surface area (Å²) < 4.78 is 5.97. The Balaban J connectivity index is 1.29. The molecule has 6 nitrogen and oxygen atoms in total. The molecule has 0 spiro atoms. The second-order valence-corrected chi connectivity index (χ2v) is 6.71. The first-order valence-electron chi connectivity index (χ1n) is 9.19. The summed E-state index contributed by atoms with van der Waals surface area (Å²) >= 11 is 0. The molecule has 1 N–H and O–H groups in total. The summed E-state index contributed by atoms with van der Waals surface area (Å²) in [6, 6.07) is 13.5. The third-order valence-electron chi connectivity index (χ3n) is 4.88. The molecule has 0 aliphatic carbocycles. The number of amides is 1. The summed E-state index contributed by atoms with van der Waals surface area (Å²) in [5, 5.41) is 6.89. The number of ether oxygens (including phenoxy) is 1. The molecule has 1 fully saturated rings. The number of piperidine rings is 1. The van der Waals surface area contributed by atoms with Crippen LogP contribution in [-0.4, -0.2) is 45.2 Å². The zero-order valence-corrected chi connectivity index (χ0v) is 15.0. The molecule has 3 heterocycles. The lowest BCUT2D eigenvalue weighted by Crippen LogP contribution is -2.40. The smallest absolute Gasteiger partial charge is 0.253 e. The average Bonchev–Trinajstić information content (AvgIpc) is 3.28. The van der Waals surface area contributed by atoms with Gasteiger partial charge in [-0.05, 0) is 48.2 Å². The highest BCUT2D eigenvalue weighted by Crippen LogP contribution is 2.20. The molecule has 138 valence electrons. The van der Waals surface area contributed by atoms with Gasteiger partial charge in [0.1, 0.15) is 0 Å². The van der Waals surface area contributed by atoms with Crippen LogP contribution in [0.1, 0.15) is 28.8 Å². The lowest BCUT2D eigenvalue weighted by atomic mass is 10.0.